The van der Waals surface area contributed by atoms with Crippen molar-refractivity contribution in [2.24, 2.45) is 0 Å². The fourth-order valence-electron chi connectivity index (χ4n) is 1.58. The maximum absolute atomic E-state index is 12.8. The second-order valence-corrected chi connectivity index (χ2v) is 3.75. The summed E-state index contributed by atoms with van der Waals surface area (Å²) >= 11 is 0. The van der Waals surface area contributed by atoms with E-state index in [9.17, 15) is 4.39 Å². The summed E-state index contributed by atoms with van der Waals surface area (Å²) in [5.41, 5.74) is 0.452. The molecule has 2 atom stereocenters. The standard InChI is InChI=1S/C11H10FNO/c1-11(10(7-13)14-11)6-8-3-2-4-9(12)5-8/h2-5,10H,6H2,1H3. The van der Waals surface area contributed by atoms with E-state index >= 15 is 0 Å². The monoisotopic (exact) mass is 191 g/mol. The van der Waals surface area contributed by atoms with Gasteiger partial charge in [-0.3, -0.25) is 0 Å². The molecule has 2 rings (SSSR count). The molecule has 2 unspecified atom stereocenters. The van der Waals surface area contributed by atoms with E-state index in [0.717, 1.165) is 5.56 Å². The molecule has 14 heavy (non-hydrogen) atoms. The van der Waals surface area contributed by atoms with Crippen molar-refractivity contribution in [3.05, 3.63) is 35.6 Å². The van der Waals surface area contributed by atoms with Crippen LogP contribution in [0.3, 0.4) is 0 Å². The smallest absolute Gasteiger partial charge is 0.173 e. The van der Waals surface area contributed by atoms with Gasteiger partial charge in [0.25, 0.3) is 0 Å². The minimum absolute atomic E-state index is 0.250. The molecule has 3 heteroatoms. The molecule has 1 aromatic carbocycles. The lowest BCUT2D eigenvalue weighted by Gasteiger charge is -2.04. The highest BCUT2D eigenvalue weighted by Gasteiger charge is 2.52. The normalized spacial score (nSPS) is 29.6. The molecule has 1 saturated heterocycles. The van der Waals surface area contributed by atoms with E-state index in [1.54, 1.807) is 6.07 Å². The lowest BCUT2D eigenvalue weighted by atomic mass is 9.98. The van der Waals surface area contributed by atoms with Gasteiger partial charge in [0.1, 0.15) is 11.4 Å². The number of epoxide rings is 1. The van der Waals surface area contributed by atoms with Crippen LogP contribution in [0.1, 0.15) is 12.5 Å². The summed E-state index contributed by atoms with van der Waals surface area (Å²) in [5.74, 6) is -0.250. The van der Waals surface area contributed by atoms with Gasteiger partial charge < -0.3 is 4.74 Å². The SMILES string of the molecule is CC1(Cc2cccc(F)c2)OC1C#N. The Morgan fingerprint density at radius 2 is 2.43 bits per heavy atom. The second-order valence-electron chi connectivity index (χ2n) is 3.75. The van der Waals surface area contributed by atoms with Gasteiger partial charge in [-0.2, -0.15) is 5.26 Å². The number of hydrogen-bond acceptors (Lipinski definition) is 2. The number of hydrogen-bond donors (Lipinski definition) is 0. The second kappa shape index (κ2) is 3.07. The number of rotatable bonds is 2. The zero-order valence-corrected chi connectivity index (χ0v) is 7.83. The predicted molar refractivity (Wildman–Crippen MR) is 49.0 cm³/mol. The van der Waals surface area contributed by atoms with Crippen LogP contribution in [0.25, 0.3) is 0 Å². The Kier molecular flexibility index (Phi) is 2.01. The predicted octanol–water partition coefficient (Wildman–Crippen LogP) is 2.05. The number of nitriles is 1. The van der Waals surface area contributed by atoms with Gasteiger partial charge in [0.2, 0.25) is 0 Å². The average Bonchev–Trinajstić information content (AvgIpc) is 2.76. The van der Waals surface area contributed by atoms with Crippen molar-refractivity contribution in [2.75, 3.05) is 0 Å². The number of nitrogens with zero attached hydrogens (tertiary/aromatic N) is 1. The third-order valence-electron chi connectivity index (χ3n) is 2.45. The van der Waals surface area contributed by atoms with Crippen LogP contribution in [0.2, 0.25) is 0 Å². The average molecular weight is 191 g/mol. The number of halogens is 1. The summed E-state index contributed by atoms with van der Waals surface area (Å²) in [4.78, 5) is 0. The topological polar surface area (TPSA) is 36.3 Å². The Labute approximate surface area is 81.9 Å². The van der Waals surface area contributed by atoms with Crippen LogP contribution >= 0.6 is 0 Å². The Bertz CT molecular complexity index is 399. The molecule has 0 aromatic heterocycles. The summed E-state index contributed by atoms with van der Waals surface area (Å²) in [6.45, 7) is 1.87. The van der Waals surface area contributed by atoms with Gasteiger partial charge >= 0.3 is 0 Å². The summed E-state index contributed by atoms with van der Waals surface area (Å²) in [5, 5.41) is 8.63. The van der Waals surface area contributed by atoms with Crippen molar-refractivity contribution >= 4 is 0 Å². The first kappa shape index (κ1) is 9.17. The molecular weight excluding hydrogens is 181 g/mol. The summed E-state index contributed by atoms with van der Waals surface area (Å²) in [7, 11) is 0. The summed E-state index contributed by atoms with van der Waals surface area (Å²) < 4.78 is 18.0. The van der Waals surface area contributed by atoms with Crippen molar-refractivity contribution in [2.45, 2.75) is 25.0 Å². The molecular formula is C11H10FNO. The van der Waals surface area contributed by atoms with Gasteiger partial charge in [-0.25, -0.2) is 4.39 Å². The molecule has 1 aliphatic rings. The van der Waals surface area contributed by atoms with E-state index in [-0.39, 0.29) is 11.9 Å². The van der Waals surface area contributed by atoms with E-state index in [2.05, 4.69) is 0 Å². The lowest BCUT2D eigenvalue weighted by molar-refractivity contribution is 0.315. The maximum Gasteiger partial charge on any atom is 0.173 e. The highest BCUT2D eigenvalue weighted by atomic mass is 19.1. The third-order valence-corrected chi connectivity index (χ3v) is 2.45. The molecule has 2 nitrogen and oxygen atoms in total. The van der Waals surface area contributed by atoms with Crippen LogP contribution in [0.15, 0.2) is 24.3 Å². The first-order valence-electron chi connectivity index (χ1n) is 4.46. The van der Waals surface area contributed by atoms with E-state index in [0.29, 0.717) is 6.42 Å². The molecule has 1 aromatic rings. The number of ether oxygens (including phenoxy) is 1. The van der Waals surface area contributed by atoms with E-state index < -0.39 is 5.60 Å². The lowest BCUT2D eigenvalue weighted by Crippen LogP contribution is -2.12. The van der Waals surface area contributed by atoms with Crippen LogP contribution in [-0.2, 0) is 11.2 Å². The molecule has 0 spiro atoms. The molecule has 0 radical (unpaired) electrons. The van der Waals surface area contributed by atoms with Crippen LogP contribution in [0, 0.1) is 17.1 Å². The Morgan fingerprint density at radius 1 is 1.64 bits per heavy atom. The van der Waals surface area contributed by atoms with Gasteiger partial charge in [-0.05, 0) is 24.6 Å². The molecule has 0 N–H and O–H groups in total. The first-order valence-corrected chi connectivity index (χ1v) is 4.46. The number of benzene rings is 1. The largest absolute Gasteiger partial charge is 0.350 e. The van der Waals surface area contributed by atoms with Crippen molar-refractivity contribution in [3.8, 4) is 6.07 Å². The molecule has 0 saturated carbocycles. The fourth-order valence-corrected chi connectivity index (χ4v) is 1.58. The van der Waals surface area contributed by atoms with Gasteiger partial charge in [0.05, 0.1) is 6.07 Å². The molecule has 0 amide bonds. The molecule has 0 bridgehead atoms. The van der Waals surface area contributed by atoms with Crippen molar-refractivity contribution < 1.29 is 9.13 Å². The summed E-state index contributed by atoms with van der Waals surface area (Å²) in [6.07, 6.45) is 0.244. The van der Waals surface area contributed by atoms with Crippen molar-refractivity contribution in [1.29, 1.82) is 5.26 Å². The van der Waals surface area contributed by atoms with E-state index in [4.69, 9.17) is 10.00 Å². The fraction of sp³-hybridized carbons (Fsp3) is 0.364. The van der Waals surface area contributed by atoms with Gasteiger partial charge in [0, 0.05) is 6.42 Å². The van der Waals surface area contributed by atoms with Gasteiger partial charge in [-0.1, -0.05) is 12.1 Å². The van der Waals surface area contributed by atoms with Crippen molar-refractivity contribution in [3.63, 3.8) is 0 Å². The van der Waals surface area contributed by atoms with Gasteiger partial charge in [-0.15, -0.1) is 0 Å². The molecule has 0 aliphatic carbocycles. The molecule has 72 valence electrons. The minimum atomic E-state index is -0.414. The Morgan fingerprint density at radius 3 is 3.00 bits per heavy atom. The molecule has 1 fully saturated rings. The van der Waals surface area contributed by atoms with Crippen LogP contribution < -0.4 is 0 Å². The zero-order valence-electron chi connectivity index (χ0n) is 7.83. The van der Waals surface area contributed by atoms with Crippen LogP contribution in [0.4, 0.5) is 4.39 Å². The van der Waals surface area contributed by atoms with Gasteiger partial charge in [0.15, 0.2) is 6.10 Å². The maximum atomic E-state index is 12.8. The zero-order chi connectivity index (χ0) is 10.2. The molecule has 1 aliphatic heterocycles. The van der Waals surface area contributed by atoms with Crippen LogP contribution in [0.5, 0.6) is 0 Å². The van der Waals surface area contributed by atoms with Crippen molar-refractivity contribution in [1.82, 2.24) is 0 Å². The first-order chi connectivity index (χ1) is 6.64. The Hall–Kier alpha value is -1.40. The Balaban J connectivity index is 2.10. The molecule has 1 heterocycles. The highest BCUT2D eigenvalue weighted by Crippen LogP contribution is 2.38. The van der Waals surface area contributed by atoms with E-state index in [1.165, 1.54) is 12.1 Å². The van der Waals surface area contributed by atoms with Crippen LogP contribution in [-0.4, -0.2) is 11.7 Å². The van der Waals surface area contributed by atoms with E-state index in [1.807, 2.05) is 19.1 Å². The highest BCUT2D eigenvalue weighted by molar-refractivity contribution is 5.23. The summed E-state index contributed by atoms with van der Waals surface area (Å²) in [6, 6.07) is 8.43. The minimum Gasteiger partial charge on any atom is -0.350 e. The quantitative estimate of drug-likeness (QED) is 0.671. The third kappa shape index (κ3) is 1.61.